The minimum absolute atomic E-state index is 0.641. The zero-order valence-corrected chi connectivity index (χ0v) is 11.0. The van der Waals surface area contributed by atoms with E-state index in [0.717, 1.165) is 18.1 Å². The smallest absolute Gasteiger partial charge is 0.0430 e. The molecule has 0 amide bonds. The number of nitrogens with zero attached hydrogens (tertiary/aromatic N) is 1. The standard InChI is InChI=1S/C15H17ClN2/c16-14-8-6-13(7-9-14)12-18(11-10-17)15-4-2-1-3-5-15/h1-9H,10-12,17H2. The van der Waals surface area contributed by atoms with Crippen molar-refractivity contribution < 1.29 is 0 Å². The van der Waals surface area contributed by atoms with Gasteiger partial charge in [-0.15, -0.1) is 0 Å². The normalized spacial score (nSPS) is 10.3. The van der Waals surface area contributed by atoms with Crippen molar-refractivity contribution in [3.05, 3.63) is 65.2 Å². The first-order chi connectivity index (χ1) is 8.79. The Labute approximate surface area is 113 Å². The van der Waals surface area contributed by atoms with Crippen molar-refractivity contribution in [2.24, 2.45) is 5.73 Å². The molecule has 2 aromatic carbocycles. The number of anilines is 1. The van der Waals surface area contributed by atoms with E-state index in [-0.39, 0.29) is 0 Å². The lowest BCUT2D eigenvalue weighted by Gasteiger charge is -2.24. The lowest BCUT2D eigenvalue weighted by Crippen LogP contribution is -2.28. The molecule has 0 aromatic heterocycles. The molecular formula is C15H17ClN2. The van der Waals surface area contributed by atoms with Gasteiger partial charge < -0.3 is 10.6 Å². The van der Waals surface area contributed by atoms with Crippen molar-refractivity contribution in [1.29, 1.82) is 0 Å². The largest absolute Gasteiger partial charge is 0.366 e. The number of hydrogen-bond donors (Lipinski definition) is 1. The molecule has 0 bridgehead atoms. The van der Waals surface area contributed by atoms with Crippen LogP contribution in [0.2, 0.25) is 5.02 Å². The number of halogens is 1. The maximum atomic E-state index is 5.89. The van der Waals surface area contributed by atoms with E-state index in [4.69, 9.17) is 17.3 Å². The number of benzene rings is 2. The zero-order chi connectivity index (χ0) is 12.8. The van der Waals surface area contributed by atoms with Crippen molar-refractivity contribution >= 4 is 17.3 Å². The van der Waals surface area contributed by atoms with Gasteiger partial charge in [0.15, 0.2) is 0 Å². The second-order valence-corrected chi connectivity index (χ2v) is 4.61. The summed E-state index contributed by atoms with van der Waals surface area (Å²) in [6.07, 6.45) is 0. The van der Waals surface area contributed by atoms with E-state index in [0.29, 0.717) is 6.54 Å². The maximum Gasteiger partial charge on any atom is 0.0430 e. The molecule has 0 fully saturated rings. The van der Waals surface area contributed by atoms with Gasteiger partial charge in [0.25, 0.3) is 0 Å². The van der Waals surface area contributed by atoms with Gasteiger partial charge in [0.2, 0.25) is 0 Å². The number of rotatable bonds is 5. The fourth-order valence-corrected chi connectivity index (χ4v) is 2.03. The Bertz CT molecular complexity index is 468. The predicted octanol–water partition coefficient (Wildman–Crippen LogP) is 3.31. The fourth-order valence-electron chi connectivity index (χ4n) is 1.90. The molecular weight excluding hydrogens is 244 g/mol. The van der Waals surface area contributed by atoms with E-state index < -0.39 is 0 Å². The van der Waals surface area contributed by atoms with Gasteiger partial charge in [-0.2, -0.15) is 0 Å². The summed E-state index contributed by atoms with van der Waals surface area (Å²) in [5.74, 6) is 0. The molecule has 0 radical (unpaired) electrons. The van der Waals surface area contributed by atoms with Crippen LogP contribution in [0.4, 0.5) is 5.69 Å². The average Bonchev–Trinajstić information content (AvgIpc) is 2.42. The second kappa shape index (κ2) is 6.43. The molecule has 0 saturated carbocycles. The molecule has 2 nitrogen and oxygen atoms in total. The minimum atomic E-state index is 0.641. The SMILES string of the molecule is NCCN(Cc1ccc(Cl)cc1)c1ccccc1. The average molecular weight is 261 g/mol. The summed E-state index contributed by atoms with van der Waals surface area (Å²) in [5, 5.41) is 0.767. The van der Waals surface area contributed by atoms with Gasteiger partial charge >= 0.3 is 0 Å². The Morgan fingerprint density at radius 1 is 0.944 bits per heavy atom. The van der Waals surface area contributed by atoms with E-state index in [1.807, 2.05) is 30.3 Å². The summed E-state index contributed by atoms with van der Waals surface area (Å²) in [7, 11) is 0. The van der Waals surface area contributed by atoms with Gasteiger partial charge in [-0.1, -0.05) is 41.9 Å². The summed E-state index contributed by atoms with van der Waals surface area (Å²) in [6, 6.07) is 18.2. The second-order valence-electron chi connectivity index (χ2n) is 4.17. The van der Waals surface area contributed by atoms with Gasteiger partial charge in [-0.05, 0) is 29.8 Å². The Morgan fingerprint density at radius 3 is 2.22 bits per heavy atom. The molecule has 2 N–H and O–H groups in total. The molecule has 0 heterocycles. The van der Waals surface area contributed by atoms with Crippen molar-refractivity contribution in [3.63, 3.8) is 0 Å². The van der Waals surface area contributed by atoms with Gasteiger partial charge in [0.1, 0.15) is 0 Å². The quantitative estimate of drug-likeness (QED) is 0.894. The fraction of sp³-hybridized carbons (Fsp3) is 0.200. The van der Waals surface area contributed by atoms with Crippen LogP contribution >= 0.6 is 11.6 Å². The van der Waals surface area contributed by atoms with Crippen molar-refractivity contribution in [1.82, 2.24) is 0 Å². The number of hydrogen-bond acceptors (Lipinski definition) is 2. The molecule has 18 heavy (non-hydrogen) atoms. The van der Waals surface area contributed by atoms with Crippen LogP contribution in [0.25, 0.3) is 0 Å². The molecule has 0 aliphatic rings. The summed E-state index contributed by atoms with van der Waals surface area (Å²) >= 11 is 5.89. The third kappa shape index (κ3) is 3.49. The summed E-state index contributed by atoms with van der Waals surface area (Å²) in [6.45, 7) is 2.33. The highest BCUT2D eigenvalue weighted by Gasteiger charge is 2.05. The molecule has 0 aliphatic carbocycles. The monoisotopic (exact) mass is 260 g/mol. The van der Waals surface area contributed by atoms with Crippen molar-refractivity contribution in [2.45, 2.75) is 6.54 Å². The highest BCUT2D eigenvalue weighted by Crippen LogP contribution is 2.17. The molecule has 3 heteroatoms. The first-order valence-corrected chi connectivity index (χ1v) is 6.42. The van der Waals surface area contributed by atoms with Gasteiger partial charge in [-0.25, -0.2) is 0 Å². The molecule has 0 aliphatic heterocycles. The van der Waals surface area contributed by atoms with E-state index in [9.17, 15) is 0 Å². The zero-order valence-electron chi connectivity index (χ0n) is 10.2. The molecule has 2 rings (SSSR count). The highest BCUT2D eigenvalue weighted by atomic mass is 35.5. The van der Waals surface area contributed by atoms with Crippen LogP contribution in [0.3, 0.4) is 0 Å². The van der Waals surface area contributed by atoms with Crippen molar-refractivity contribution in [3.8, 4) is 0 Å². The molecule has 94 valence electrons. The van der Waals surface area contributed by atoms with E-state index in [1.165, 1.54) is 11.3 Å². The summed E-state index contributed by atoms with van der Waals surface area (Å²) < 4.78 is 0. The molecule has 2 aromatic rings. The first kappa shape index (κ1) is 12.9. The van der Waals surface area contributed by atoms with Crippen LogP contribution in [0.1, 0.15) is 5.56 Å². The predicted molar refractivity (Wildman–Crippen MR) is 78.0 cm³/mol. The highest BCUT2D eigenvalue weighted by molar-refractivity contribution is 6.30. The van der Waals surface area contributed by atoms with Gasteiger partial charge in [0, 0.05) is 30.3 Å². The Morgan fingerprint density at radius 2 is 1.61 bits per heavy atom. The van der Waals surface area contributed by atoms with Crippen LogP contribution in [0.5, 0.6) is 0 Å². The maximum absolute atomic E-state index is 5.89. The van der Waals surface area contributed by atoms with Crippen LogP contribution in [-0.2, 0) is 6.54 Å². The lowest BCUT2D eigenvalue weighted by atomic mass is 10.2. The van der Waals surface area contributed by atoms with Crippen molar-refractivity contribution in [2.75, 3.05) is 18.0 Å². The number of para-hydroxylation sites is 1. The Kier molecular flexibility index (Phi) is 4.62. The first-order valence-electron chi connectivity index (χ1n) is 6.04. The molecule has 0 spiro atoms. The number of nitrogens with two attached hydrogens (primary N) is 1. The van der Waals surface area contributed by atoms with E-state index >= 15 is 0 Å². The van der Waals surface area contributed by atoms with Gasteiger partial charge in [0.05, 0.1) is 0 Å². The van der Waals surface area contributed by atoms with Gasteiger partial charge in [-0.3, -0.25) is 0 Å². The third-order valence-corrected chi connectivity index (χ3v) is 3.06. The van der Waals surface area contributed by atoms with Crippen LogP contribution in [0, 0.1) is 0 Å². The van der Waals surface area contributed by atoms with Crippen LogP contribution in [0.15, 0.2) is 54.6 Å². The molecule has 0 atom stereocenters. The minimum Gasteiger partial charge on any atom is -0.366 e. The van der Waals surface area contributed by atoms with E-state index in [1.54, 1.807) is 0 Å². The lowest BCUT2D eigenvalue weighted by molar-refractivity contribution is 0.790. The third-order valence-electron chi connectivity index (χ3n) is 2.81. The summed E-state index contributed by atoms with van der Waals surface area (Å²) in [5.41, 5.74) is 8.11. The van der Waals surface area contributed by atoms with Crippen LogP contribution in [-0.4, -0.2) is 13.1 Å². The molecule has 0 saturated heterocycles. The van der Waals surface area contributed by atoms with Crippen LogP contribution < -0.4 is 10.6 Å². The Hall–Kier alpha value is -1.51. The topological polar surface area (TPSA) is 29.3 Å². The Balaban J connectivity index is 2.14. The summed E-state index contributed by atoms with van der Waals surface area (Å²) in [4.78, 5) is 2.27. The van der Waals surface area contributed by atoms with E-state index in [2.05, 4.69) is 29.2 Å². The molecule has 0 unspecified atom stereocenters.